The summed E-state index contributed by atoms with van der Waals surface area (Å²) in [5, 5.41) is 3.20. The minimum absolute atomic E-state index is 0.605. The Hall–Kier alpha value is -0.370. The van der Waals surface area contributed by atoms with Gasteiger partial charge in [-0.05, 0) is 26.1 Å². The van der Waals surface area contributed by atoms with Crippen LogP contribution in [0.15, 0.2) is 4.99 Å². The van der Waals surface area contributed by atoms with E-state index in [1.54, 1.807) is 0 Å². The number of aliphatic imine (C=N–C) groups is 1. The Morgan fingerprint density at radius 2 is 2.33 bits per heavy atom. The molecular weight excluding hydrogens is 112 g/mol. The fraction of sp³-hybridized carbons (Fsp3) is 0.857. The van der Waals surface area contributed by atoms with Gasteiger partial charge in [0.2, 0.25) is 0 Å². The standard InChI is InChI=1S/C7H16N2/c1-4-7(9-3)5-6-8-2/h6-7,9H,4-5H2,1-3H3. The smallest absolute Gasteiger partial charge is 0.0273 e. The second kappa shape index (κ2) is 5.76. The number of nitrogens with zero attached hydrogens (tertiary/aromatic N) is 1. The van der Waals surface area contributed by atoms with Crippen LogP contribution in [0, 0.1) is 0 Å². The van der Waals surface area contributed by atoms with Gasteiger partial charge in [0.15, 0.2) is 0 Å². The van der Waals surface area contributed by atoms with Gasteiger partial charge in [-0.3, -0.25) is 0 Å². The highest BCUT2D eigenvalue weighted by atomic mass is 14.9. The van der Waals surface area contributed by atoms with Gasteiger partial charge in [0.05, 0.1) is 0 Å². The van der Waals surface area contributed by atoms with Crippen LogP contribution >= 0.6 is 0 Å². The van der Waals surface area contributed by atoms with Gasteiger partial charge in [-0.1, -0.05) is 6.92 Å². The zero-order valence-corrected chi connectivity index (χ0v) is 6.52. The van der Waals surface area contributed by atoms with Crippen LogP contribution in [-0.2, 0) is 0 Å². The molecular formula is C7H16N2. The Bertz CT molecular complexity index is 75.0. The molecule has 0 radical (unpaired) electrons. The van der Waals surface area contributed by atoms with Crippen molar-refractivity contribution in [3.8, 4) is 0 Å². The van der Waals surface area contributed by atoms with Crippen molar-refractivity contribution >= 4 is 6.21 Å². The second-order valence-electron chi connectivity index (χ2n) is 2.07. The third-order valence-electron chi connectivity index (χ3n) is 1.47. The third-order valence-corrected chi connectivity index (χ3v) is 1.47. The van der Waals surface area contributed by atoms with E-state index >= 15 is 0 Å². The molecule has 0 aliphatic carbocycles. The highest BCUT2D eigenvalue weighted by Gasteiger charge is 1.97. The summed E-state index contributed by atoms with van der Waals surface area (Å²) in [4.78, 5) is 3.91. The molecule has 0 saturated heterocycles. The summed E-state index contributed by atoms with van der Waals surface area (Å²) in [5.41, 5.74) is 0. The molecule has 2 heteroatoms. The molecule has 9 heavy (non-hydrogen) atoms. The number of nitrogens with one attached hydrogen (secondary N) is 1. The Morgan fingerprint density at radius 3 is 2.67 bits per heavy atom. The quantitative estimate of drug-likeness (QED) is 0.563. The van der Waals surface area contributed by atoms with Crippen LogP contribution in [0.1, 0.15) is 19.8 Å². The highest BCUT2D eigenvalue weighted by Crippen LogP contribution is 1.92. The molecule has 0 aromatic heterocycles. The maximum Gasteiger partial charge on any atom is 0.0273 e. The average molecular weight is 128 g/mol. The summed E-state index contributed by atoms with van der Waals surface area (Å²) in [6.45, 7) is 2.17. The molecule has 0 aliphatic rings. The van der Waals surface area contributed by atoms with Crippen molar-refractivity contribution in [2.75, 3.05) is 14.1 Å². The summed E-state index contributed by atoms with van der Waals surface area (Å²) in [7, 11) is 3.79. The molecule has 1 atom stereocenters. The molecule has 0 fully saturated rings. The second-order valence-corrected chi connectivity index (χ2v) is 2.07. The van der Waals surface area contributed by atoms with Crippen LogP contribution in [0.3, 0.4) is 0 Å². The molecule has 0 spiro atoms. The van der Waals surface area contributed by atoms with E-state index in [2.05, 4.69) is 17.2 Å². The van der Waals surface area contributed by atoms with Gasteiger partial charge in [-0.2, -0.15) is 0 Å². The molecule has 0 bridgehead atoms. The SMILES string of the molecule is CCC(CC=NC)NC. The largest absolute Gasteiger partial charge is 0.317 e. The van der Waals surface area contributed by atoms with E-state index in [-0.39, 0.29) is 0 Å². The number of rotatable bonds is 4. The van der Waals surface area contributed by atoms with Crippen molar-refractivity contribution in [1.29, 1.82) is 0 Å². The topological polar surface area (TPSA) is 24.4 Å². The molecule has 2 nitrogen and oxygen atoms in total. The van der Waals surface area contributed by atoms with Crippen LogP contribution in [0.25, 0.3) is 0 Å². The Balaban J connectivity index is 3.31. The molecule has 54 valence electrons. The van der Waals surface area contributed by atoms with E-state index in [9.17, 15) is 0 Å². The van der Waals surface area contributed by atoms with E-state index in [0.717, 1.165) is 6.42 Å². The molecule has 0 heterocycles. The van der Waals surface area contributed by atoms with Gasteiger partial charge in [0.25, 0.3) is 0 Å². The van der Waals surface area contributed by atoms with E-state index in [1.165, 1.54) is 6.42 Å². The Kier molecular flexibility index (Phi) is 5.52. The van der Waals surface area contributed by atoms with E-state index in [4.69, 9.17) is 0 Å². The molecule has 0 aromatic rings. The summed E-state index contributed by atoms with van der Waals surface area (Å²) < 4.78 is 0. The normalized spacial score (nSPS) is 14.6. The first-order valence-corrected chi connectivity index (χ1v) is 3.43. The summed E-state index contributed by atoms with van der Waals surface area (Å²) in [6.07, 6.45) is 4.16. The Labute approximate surface area is 57.4 Å². The Morgan fingerprint density at radius 1 is 1.67 bits per heavy atom. The summed E-state index contributed by atoms with van der Waals surface area (Å²) >= 11 is 0. The average Bonchev–Trinajstić information content (AvgIpc) is 1.91. The minimum atomic E-state index is 0.605. The van der Waals surface area contributed by atoms with Crippen LogP contribution in [-0.4, -0.2) is 26.4 Å². The first kappa shape index (κ1) is 8.63. The fourth-order valence-corrected chi connectivity index (χ4v) is 0.721. The monoisotopic (exact) mass is 128 g/mol. The first-order chi connectivity index (χ1) is 4.35. The van der Waals surface area contributed by atoms with Crippen molar-refractivity contribution in [2.45, 2.75) is 25.8 Å². The van der Waals surface area contributed by atoms with Gasteiger partial charge < -0.3 is 10.3 Å². The molecule has 0 saturated carbocycles. The molecule has 1 unspecified atom stereocenters. The third kappa shape index (κ3) is 4.15. The zero-order valence-electron chi connectivity index (χ0n) is 6.52. The van der Waals surface area contributed by atoms with Crippen LogP contribution in [0.4, 0.5) is 0 Å². The van der Waals surface area contributed by atoms with E-state index in [1.807, 2.05) is 20.3 Å². The van der Waals surface area contributed by atoms with Gasteiger partial charge in [0.1, 0.15) is 0 Å². The minimum Gasteiger partial charge on any atom is -0.317 e. The molecule has 0 rings (SSSR count). The van der Waals surface area contributed by atoms with Crippen molar-refractivity contribution in [2.24, 2.45) is 4.99 Å². The maximum absolute atomic E-state index is 3.91. The van der Waals surface area contributed by atoms with Gasteiger partial charge in [0, 0.05) is 13.1 Å². The molecule has 0 aromatic carbocycles. The van der Waals surface area contributed by atoms with Crippen molar-refractivity contribution in [3.63, 3.8) is 0 Å². The van der Waals surface area contributed by atoms with Crippen molar-refractivity contribution < 1.29 is 0 Å². The lowest BCUT2D eigenvalue weighted by molar-refractivity contribution is 0.567. The summed E-state index contributed by atoms with van der Waals surface area (Å²) in [5.74, 6) is 0. The van der Waals surface area contributed by atoms with Gasteiger partial charge >= 0.3 is 0 Å². The van der Waals surface area contributed by atoms with Gasteiger partial charge in [-0.25, -0.2) is 0 Å². The highest BCUT2D eigenvalue weighted by molar-refractivity contribution is 5.57. The lowest BCUT2D eigenvalue weighted by atomic mass is 10.2. The van der Waals surface area contributed by atoms with Crippen LogP contribution < -0.4 is 5.32 Å². The van der Waals surface area contributed by atoms with Crippen LogP contribution in [0.2, 0.25) is 0 Å². The predicted octanol–water partition coefficient (Wildman–Crippen LogP) is 1.08. The number of hydrogen-bond acceptors (Lipinski definition) is 2. The van der Waals surface area contributed by atoms with E-state index in [0.29, 0.717) is 6.04 Å². The predicted molar refractivity (Wildman–Crippen MR) is 42.2 cm³/mol. The lowest BCUT2D eigenvalue weighted by Crippen LogP contribution is -2.24. The molecule has 0 aliphatic heterocycles. The van der Waals surface area contributed by atoms with Crippen LogP contribution in [0.5, 0.6) is 0 Å². The van der Waals surface area contributed by atoms with E-state index < -0.39 is 0 Å². The summed E-state index contributed by atoms with van der Waals surface area (Å²) in [6, 6.07) is 0.605. The molecule has 1 N–H and O–H groups in total. The first-order valence-electron chi connectivity index (χ1n) is 3.43. The molecule has 0 amide bonds. The van der Waals surface area contributed by atoms with Crippen molar-refractivity contribution in [1.82, 2.24) is 5.32 Å². The van der Waals surface area contributed by atoms with Gasteiger partial charge in [-0.15, -0.1) is 0 Å². The fourth-order valence-electron chi connectivity index (χ4n) is 0.721. The lowest BCUT2D eigenvalue weighted by Gasteiger charge is -2.08. The number of hydrogen-bond donors (Lipinski definition) is 1. The maximum atomic E-state index is 3.91. The van der Waals surface area contributed by atoms with Crippen molar-refractivity contribution in [3.05, 3.63) is 0 Å². The zero-order chi connectivity index (χ0) is 7.11.